The van der Waals surface area contributed by atoms with Crippen LogP contribution < -0.4 is 0 Å². The Morgan fingerprint density at radius 3 is 2.70 bits per heavy atom. The second-order valence-corrected chi connectivity index (χ2v) is 1.51. The van der Waals surface area contributed by atoms with Gasteiger partial charge in [-0.15, -0.1) is 6.58 Å². The van der Waals surface area contributed by atoms with Crippen LogP contribution in [0.25, 0.3) is 0 Å². The Morgan fingerprint density at radius 2 is 2.20 bits per heavy atom. The van der Waals surface area contributed by atoms with Gasteiger partial charge in [-0.1, -0.05) is 12.7 Å². The Kier molecular flexibility index (Phi) is 5.38. The monoisotopic (exact) mass is 142 g/mol. The summed E-state index contributed by atoms with van der Waals surface area (Å²) in [5, 5.41) is 0. The van der Waals surface area contributed by atoms with E-state index in [1.165, 1.54) is 0 Å². The fraction of sp³-hybridized carbons (Fsp3) is 0.286. The van der Waals surface area contributed by atoms with Crippen LogP contribution in [-0.4, -0.2) is 12.6 Å². The van der Waals surface area contributed by atoms with Crippen molar-refractivity contribution in [2.45, 2.75) is 6.42 Å². The average molecular weight is 142 g/mol. The molecule has 0 aliphatic carbocycles. The zero-order chi connectivity index (χ0) is 7.82. The molecule has 0 aromatic carbocycles. The molecule has 0 N–H and O–H groups in total. The quantitative estimate of drug-likeness (QED) is 0.190. The fourth-order valence-corrected chi connectivity index (χ4v) is 0.265. The summed E-state index contributed by atoms with van der Waals surface area (Å²) in [6, 6.07) is 0. The van der Waals surface area contributed by atoms with E-state index in [4.69, 9.17) is 0 Å². The molecule has 0 fully saturated rings. The number of hydrogen-bond acceptors (Lipinski definition) is 3. The highest BCUT2D eigenvalue weighted by Gasteiger charge is 1.93. The summed E-state index contributed by atoms with van der Waals surface area (Å²) in [7, 11) is 0. The lowest BCUT2D eigenvalue weighted by atomic mass is 10.5. The van der Waals surface area contributed by atoms with E-state index in [0.717, 1.165) is 6.08 Å². The molecule has 0 rings (SSSR count). The van der Waals surface area contributed by atoms with Crippen molar-refractivity contribution < 1.29 is 14.6 Å². The van der Waals surface area contributed by atoms with Crippen LogP contribution in [0.2, 0.25) is 0 Å². The van der Waals surface area contributed by atoms with E-state index in [1.54, 1.807) is 6.08 Å². The van der Waals surface area contributed by atoms with Crippen molar-refractivity contribution in [2.24, 2.45) is 0 Å². The first kappa shape index (κ1) is 8.91. The highest BCUT2D eigenvalue weighted by atomic mass is 17.2. The van der Waals surface area contributed by atoms with Gasteiger partial charge in [0.05, 0.1) is 6.61 Å². The van der Waals surface area contributed by atoms with Gasteiger partial charge in [-0.2, -0.15) is 4.89 Å². The Bertz CT molecular complexity index is 129. The van der Waals surface area contributed by atoms with Gasteiger partial charge in [0.15, 0.2) is 0 Å². The summed E-state index contributed by atoms with van der Waals surface area (Å²) in [5.41, 5.74) is 0. The zero-order valence-corrected chi connectivity index (χ0v) is 5.71. The van der Waals surface area contributed by atoms with E-state index in [0.29, 0.717) is 13.0 Å². The van der Waals surface area contributed by atoms with Crippen molar-refractivity contribution in [1.82, 2.24) is 0 Å². The minimum absolute atomic E-state index is 0.336. The number of carbonyl (C=O) groups excluding carboxylic acids is 1. The summed E-state index contributed by atoms with van der Waals surface area (Å²) in [4.78, 5) is 18.9. The van der Waals surface area contributed by atoms with Crippen LogP contribution >= 0.6 is 0 Å². The van der Waals surface area contributed by atoms with Crippen LogP contribution in [0.1, 0.15) is 6.42 Å². The lowest BCUT2D eigenvalue weighted by molar-refractivity contribution is -0.266. The summed E-state index contributed by atoms with van der Waals surface area (Å²) in [6.45, 7) is 6.98. The van der Waals surface area contributed by atoms with E-state index in [1.807, 2.05) is 0 Å². The van der Waals surface area contributed by atoms with E-state index in [9.17, 15) is 4.79 Å². The van der Waals surface area contributed by atoms with E-state index >= 15 is 0 Å². The molecule has 0 aromatic rings. The number of rotatable bonds is 5. The molecule has 0 saturated carbocycles. The van der Waals surface area contributed by atoms with Crippen LogP contribution in [0.15, 0.2) is 25.3 Å². The first-order valence-electron chi connectivity index (χ1n) is 2.88. The van der Waals surface area contributed by atoms with E-state index in [-0.39, 0.29) is 0 Å². The molecule has 0 radical (unpaired) electrons. The van der Waals surface area contributed by atoms with Crippen LogP contribution in [0.3, 0.4) is 0 Å². The van der Waals surface area contributed by atoms with E-state index < -0.39 is 5.97 Å². The van der Waals surface area contributed by atoms with Gasteiger partial charge in [-0.3, -0.25) is 4.89 Å². The SMILES string of the molecule is C=CCCOOC(=O)C=C. The molecule has 56 valence electrons. The van der Waals surface area contributed by atoms with E-state index in [2.05, 4.69) is 22.9 Å². The van der Waals surface area contributed by atoms with Gasteiger partial charge in [-0.05, 0) is 6.42 Å². The molecule has 3 nitrogen and oxygen atoms in total. The smallest absolute Gasteiger partial charge is 0.294 e. The minimum Gasteiger partial charge on any atom is -0.294 e. The second kappa shape index (κ2) is 6.04. The molecule has 0 aliphatic heterocycles. The molecule has 10 heavy (non-hydrogen) atoms. The third-order valence-corrected chi connectivity index (χ3v) is 0.713. The van der Waals surface area contributed by atoms with Crippen LogP contribution in [0.4, 0.5) is 0 Å². The standard InChI is InChI=1S/C7H10O3/c1-3-5-6-9-10-7(8)4-2/h3-4H,1-2,5-6H2. The third-order valence-electron chi connectivity index (χ3n) is 0.713. The molecule has 0 bridgehead atoms. The largest absolute Gasteiger partial charge is 0.365 e. The normalized spacial score (nSPS) is 8.40. The van der Waals surface area contributed by atoms with Crippen molar-refractivity contribution in [1.29, 1.82) is 0 Å². The fourth-order valence-electron chi connectivity index (χ4n) is 0.265. The van der Waals surface area contributed by atoms with Gasteiger partial charge in [-0.25, -0.2) is 4.79 Å². The highest BCUT2D eigenvalue weighted by Crippen LogP contribution is 1.85. The molecule has 0 atom stereocenters. The molecule has 0 aliphatic rings. The van der Waals surface area contributed by atoms with Gasteiger partial charge in [0.1, 0.15) is 0 Å². The highest BCUT2D eigenvalue weighted by molar-refractivity contribution is 5.80. The lowest BCUT2D eigenvalue weighted by Gasteiger charge is -1.96. The number of carbonyl (C=O) groups is 1. The van der Waals surface area contributed by atoms with Gasteiger partial charge < -0.3 is 0 Å². The molecule has 0 unspecified atom stereocenters. The van der Waals surface area contributed by atoms with Gasteiger partial charge in [0, 0.05) is 6.08 Å². The first-order chi connectivity index (χ1) is 4.81. The van der Waals surface area contributed by atoms with Crippen LogP contribution in [-0.2, 0) is 14.6 Å². The van der Waals surface area contributed by atoms with Crippen molar-refractivity contribution in [2.75, 3.05) is 6.61 Å². The van der Waals surface area contributed by atoms with Gasteiger partial charge >= 0.3 is 5.97 Å². The third kappa shape index (κ3) is 5.05. The van der Waals surface area contributed by atoms with Crippen molar-refractivity contribution >= 4 is 5.97 Å². The van der Waals surface area contributed by atoms with Crippen LogP contribution in [0, 0.1) is 0 Å². The Balaban J connectivity index is 3.11. The average Bonchev–Trinajstić information content (AvgIpc) is 1.98. The van der Waals surface area contributed by atoms with Crippen LogP contribution in [0.5, 0.6) is 0 Å². The topological polar surface area (TPSA) is 35.5 Å². The predicted octanol–water partition coefficient (Wildman–Crippen LogP) is 1.22. The molecule has 0 heterocycles. The summed E-state index contributed by atoms with van der Waals surface area (Å²) in [5.74, 6) is -0.580. The first-order valence-corrected chi connectivity index (χ1v) is 2.88. The predicted molar refractivity (Wildman–Crippen MR) is 37.1 cm³/mol. The summed E-state index contributed by atoms with van der Waals surface area (Å²) in [6.07, 6.45) is 3.36. The second-order valence-electron chi connectivity index (χ2n) is 1.51. The zero-order valence-electron chi connectivity index (χ0n) is 5.71. The maximum Gasteiger partial charge on any atom is 0.365 e. The summed E-state index contributed by atoms with van der Waals surface area (Å²) < 4.78 is 0. The molecular weight excluding hydrogens is 132 g/mol. The molecule has 0 amide bonds. The molecular formula is C7H10O3. The van der Waals surface area contributed by atoms with Gasteiger partial charge in [0.2, 0.25) is 0 Å². The molecule has 3 heteroatoms. The Morgan fingerprint density at radius 1 is 1.50 bits per heavy atom. The Labute approximate surface area is 59.9 Å². The number of hydrogen-bond donors (Lipinski definition) is 0. The molecule has 0 spiro atoms. The van der Waals surface area contributed by atoms with Crippen molar-refractivity contribution in [3.63, 3.8) is 0 Å². The lowest BCUT2D eigenvalue weighted by Crippen LogP contribution is -2.01. The molecule has 0 saturated heterocycles. The van der Waals surface area contributed by atoms with Crippen molar-refractivity contribution in [3.05, 3.63) is 25.3 Å². The summed E-state index contributed by atoms with van der Waals surface area (Å²) >= 11 is 0. The minimum atomic E-state index is -0.580. The maximum absolute atomic E-state index is 10.3. The molecule has 0 aromatic heterocycles. The Hall–Kier alpha value is -1.09. The van der Waals surface area contributed by atoms with Gasteiger partial charge in [0.25, 0.3) is 0 Å². The van der Waals surface area contributed by atoms with Crippen molar-refractivity contribution in [3.8, 4) is 0 Å². The maximum atomic E-state index is 10.3.